The second-order valence-electron chi connectivity index (χ2n) is 4.93. The number of rotatable bonds is 4. The summed E-state index contributed by atoms with van der Waals surface area (Å²) in [6.45, 7) is 2.24. The van der Waals surface area contributed by atoms with E-state index < -0.39 is 0 Å². The SMILES string of the molecule is CCC1CCC(Nc2cc([N+](=O)[O-])ccn2)CC1. The van der Waals surface area contributed by atoms with Crippen molar-refractivity contribution in [2.75, 3.05) is 5.32 Å². The summed E-state index contributed by atoms with van der Waals surface area (Å²) in [5.41, 5.74) is 0.0924. The molecule has 1 aliphatic carbocycles. The second-order valence-corrected chi connectivity index (χ2v) is 4.93. The average Bonchev–Trinajstić information content (AvgIpc) is 2.40. The van der Waals surface area contributed by atoms with Gasteiger partial charge >= 0.3 is 0 Å². The fraction of sp³-hybridized carbons (Fsp3) is 0.615. The standard InChI is InChI=1S/C13H19N3O2/c1-2-10-3-5-11(6-4-10)15-13-9-12(16(17)18)7-8-14-13/h7-11H,2-6H2,1H3,(H,14,15). The molecule has 1 heterocycles. The van der Waals surface area contributed by atoms with Crippen molar-refractivity contribution in [3.05, 3.63) is 28.4 Å². The van der Waals surface area contributed by atoms with Crippen LogP contribution < -0.4 is 5.32 Å². The van der Waals surface area contributed by atoms with E-state index in [9.17, 15) is 10.1 Å². The topological polar surface area (TPSA) is 68.1 Å². The summed E-state index contributed by atoms with van der Waals surface area (Å²) in [5.74, 6) is 1.46. The maximum Gasteiger partial charge on any atom is 0.274 e. The molecule has 0 unspecified atom stereocenters. The second kappa shape index (κ2) is 5.80. The molecule has 2 rings (SSSR count). The van der Waals surface area contributed by atoms with Crippen LogP contribution in [0.4, 0.5) is 11.5 Å². The maximum atomic E-state index is 10.7. The van der Waals surface area contributed by atoms with Crippen LogP contribution in [0.1, 0.15) is 39.0 Å². The van der Waals surface area contributed by atoms with Gasteiger partial charge in [0.15, 0.2) is 0 Å². The van der Waals surface area contributed by atoms with Crippen LogP contribution in [0, 0.1) is 16.0 Å². The fourth-order valence-electron chi connectivity index (χ4n) is 2.54. The highest BCUT2D eigenvalue weighted by atomic mass is 16.6. The van der Waals surface area contributed by atoms with Crippen LogP contribution >= 0.6 is 0 Å². The summed E-state index contributed by atoms with van der Waals surface area (Å²) >= 11 is 0. The highest BCUT2D eigenvalue weighted by Crippen LogP contribution is 2.28. The highest BCUT2D eigenvalue weighted by Gasteiger charge is 2.20. The first-order chi connectivity index (χ1) is 8.69. The minimum atomic E-state index is -0.388. The van der Waals surface area contributed by atoms with Crippen LogP contribution in [0.25, 0.3) is 0 Å². The summed E-state index contributed by atoms with van der Waals surface area (Å²) in [7, 11) is 0. The maximum absolute atomic E-state index is 10.7. The van der Waals surface area contributed by atoms with Crippen molar-refractivity contribution in [3.63, 3.8) is 0 Å². The molecule has 0 aliphatic heterocycles. The van der Waals surface area contributed by atoms with Gasteiger partial charge in [-0.3, -0.25) is 10.1 Å². The van der Waals surface area contributed by atoms with Gasteiger partial charge in [-0.15, -0.1) is 0 Å². The Morgan fingerprint density at radius 3 is 2.78 bits per heavy atom. The van der Waals surface area contributed by atoms with Gasteiger partial charge in [0.25, 0.3) is 5.69 Å². The Kier molecular flexibility index (Phi) is 4.12. The summed E-state index contributed by atoms with van der Waals surface area (Å²) in [6.07, 6.45) is 7.47. The van der Waals surface area contributed by atoms with Crippen LogP contribution in [0.2, 0.25) is 0 Å². The zero-order valence-electron chi connectivity index (χ0n) is 10.6. The predicted octanol–water partition coefficient (Wildman–Crippen LogP) is 3.37. The predicted molar refractivity (Wildman–Crippen MR) is 70.6 cm³/mol. The van der Waals surface area contributed by atoms with Crippen LogP contribution in [0.15, 0.2) is 18.3 Å². The molecule has 18 heavy (non-hydrogen) atoms. The average molecular weight is 249 g/mol. The monoisotopic (exact) mass is 249 g/mol. The third-order valence-corrected chi connectivity index (χ3v) is 3.73. The Balaban J connectivity index is 1.94. The molecule has 1 N–H and O–H groups in total. The lowest BCUT2D eigenvalue weighted by molar-refractivity contribution is -0.384. The van der Waals surface area contributed by atoms with E-state index in [1.807, 2.05) is 0 Å². The molecule has 98 valence electrons. The molecule has 0 aromatic carbocycles. The lowest BCUT2D eigenvalue weighted by Gasteiger charge is -2.28. The third-order valence-electron chi connectivity index (χ3n) is 3.73. The first kappa shape index (κ1) is 12.8. The molecule has 5 nitrogen and oxygen atoms in total. The van der Waals surface area contributed by atoms with E-state index in [4.69, 9.17) is 0 Å². The largest absolute Gasteiger partial charge is 0.367 e. The Hall–Kier alpha value is -1.65. The molecule has 0 saturated heterocycles. The molecule has 0 radical (unpaired) electrons. The van der Waals surface area contributed by atoms with Gasteiger partial charge in [-0.05, 0) is 31.6 Å². The van der Waals surface area contributed by atoms with Crippen LogP contribution in [0.3, 0.4) is 0 Å². The zero-order valence-corrected chi connectivity index (χ0v) is 10.6. The van der Waals surface area contributed by atoms with Crippen molar-refractivity contribution >= 4 is 11.5 Å². The molecule has 5 heteroatoms. The molecule has 1 aromatic heterocycles. The lowest BCUT2D eigenvalue weighted by Crippen LogP contribution is -2.26. The number of pyridine rings is 1. The quantitative estimate of drug-likeness (QED) is 0.656. The van der Waals surface area contributed by atoms with Gasteiger partial charge in [-0.25, -0.2) is 4.98 Å². The molecular formula is C13H19N3O2. The van der Waals surface area contributed by atoms with Crippen LogP contribution in [-0.2, 0) is 0 Å². The van der Waals surface area contributed by atoms with Crippen molar-refractivity contribution in [3.8, 4) is 0 Å². The van der Waals surface area contributed by atoms with Crippen molar-refractivity contribution in [2.24, 2.45) is 5.92 Å². The molecule has 0 spiro atoms. The lowest BCUT2D eigenvalue weighted by atomic mass is 9.84. The van der Waals surface area contributed by atoms with Gasteiger partial charge < -0.3 is 5.32 Å². The smallest absolute Gasteiger partial charge is 0.274 e. The summed E-state index contributed by atoms with van der Waals surface area (Å²) in [6, 6.07) is 3.33. The molecular weight excluding hydrogens is 230 g/mol. The van der Waals surface area contributed by atoms with Gasteiger partial charge in [0.05, 0.1) is 11.0 Å². The molecule has 0 atom stereocenters. The molecule has 1 aromatic rings. The molecule has 1 saturated carbocycles. The van der Waals surface area contributed by atoms with E-state index in [1.165, 1.54) is 37.6 Å². The molecule has 1 aliphatic rings. The van der Waals surface area contributed by atoms with Gasteiger partial charge in [0.2, 0.25) is 0 Å². The number of nitro groups is 1. The van der Waals surface area contributed by atoms with E-state index in [1.54, 1.807) is 0 Å². The van der Waals surface area contributed by atoms with E-state index >= 15 is 0 Å². The Bertz CT molecular complexity index is 414. The van der Waals surface area contributed by atoms with Crippen molar-refractivity contribution < 1.29 is 4.92 Å². The first-order valence-corrected chi connectivity index (χ1v) is 6.56. The first-order valence-electron chi connectivity index (χ1n) is 6.56. The number of aromatic nitrogens is 1. The zero-order chi connectivity index (χ0) is 13.0. The van der Waals surface area contributed by atoms with E-state index in [-0.39, 0.29) is 10.6 Å². The highest BCUT2D eigenvalue weighted by molar-refractivity contribution is 5.44. The number of hydrogen-bond acceptors (Lipinski definition) is 4. The Morgan fingerprint density at radius 1 is 1.44 bits per heavy atom. The number of nitrogens with zero attached hydrogens (tertiary/aromatic N) is 2. The third kappa shape index (κ3) is 3.18. The van der Waals surface area contributed by atoms with Crippen molar-refractivity contribution in [1.82, 2.24) is 4.98 Å². The van der Waals surface area contributed by atoms with Crippen LogP contribution in [0.5, 0.6) is 0 Å². The van der Waals surface area contributed by atoms with Gasteiger partial charge in [-0.1, -0.05) is 13.3 Å². The Labute approximate surface area is 107 Å². The summed E-state index contributed by atoms with van der Waals surface area (Å²) in [5, 5.41) is 14.0. The number of hydrogen-bond donors (Lipinski definition) is 1. The summed E-state index contributed by atoms with van der Waals surface area (Å²) in [4.78, 5) is 14.4. The van der Waals surface area contributed by atoms with Crippen molar-refractivity contribution in [1.29, 1.82) is 0 Å². The van der Waals surface area contributed by atoms with E-state index in [0.29, 0.717) is 11.9 Å². The van der Waals surface area contributed by atoms with Crippen molar-refractivity contribution in [2.45, 2.75) is 45.1 Å². The summed E-state index contributed by atoms with van der Waals surface area (Å²) < 4.78 is 0. The van der Waals surface area contributed by atoms with E-state index in [0.717, 1.165) is 18.8 Å². The molecule has 0 bridgehead atoms. The number of nitrogens with one attached hydrogen (secondary N) is 1. The number of anilines is 1. The minimum Gasteiger partial charge on any atom is -0.367 e. The molecule has 0 amide bonds. The van der Waals surface area contributed by atoms with E-state index in [2.05, 4.69) is 17.2 Å². The molecule has 1 fully saturated rings. The Morgan fingerprint density at radius 2 is 2.17 bits per heavy atom. The van der Waals surface area contributed by atoms with Gasteiger partial charge in [0, 0.05) is 18.3 Å². The fourth-order valence-corrected chi connectivity index (χ4v) is 2.54. The van der Waals surface area contributed by atoms with Gasteiger partial charge in [-0.2, -0.15) is 0 Å². The minimum absolute atomic E-state index is 0.0924. The normalized spacial score (nSPS) is 23.6. The van der Waals surface area contributed by atoms with Crippen LogP contribution in [-0.4, -0.2) is 15.9 Å². The van der Waals surface area contributed by atoms with Gasteiger partial charge in [0.1, 0.15) is 5.82 Å².